The van der Waals surface area contributed by atoms with Crippen molar-refractivity contribution in [1.82, 2.24) is 0 Å². The maximum Gasteiger partial charge on any atom is -0.0382 e. The molecule has 0 rings (SSSR count). The summed E-state index contributed by atoms with van der Waals surface area (Å²) in [5.41, 5.74) is 0. The van der Waals surface area contributed by atoms with Gasteiger partial charge in [-0.1, -0.05) is 87.3 Å². The lowest BCUT2D eigenvalue weighted by Gasteiger charge is -1.57. The fourth-order valence-corrected chi connectivity index (χ4v) is 0. The molecule has 0 atom stereocenters. The molecule has 0 aromatic rings. The van der Waals surface area contributed by atoms with E-state index < -0.39 is 0 Å². The molecule has 96 valence electrons. The Labute approximate surface area is 101 Å². The third-order valence-corrected chi connectivity index (χ3v) is 0.455. The first-order chi connectivity index (χ1) is 6.83. The first-order valence-corrected chi connectivity index (χ1v) is 5.67. The molecule has 0 bridgehead atoms. The minimum Gasteiger partial charge on any atom is -0.103 e. The van der Waals surface area contributed by atoms with Gasteiger partial charge in [0.25, 0.3) is 0 Å². The molecule has 0 heteroatoms. The Morgan fingerprint density at radius 3 is 0.867 bits per heavy atom. The highest BCUT2D eigenvalue weighted by atomic mass is 13.5. The smallest absolute Gasteiger partial charge is 0.0382 e. The van der Waals surface area contributed by atoms with Crippen molar-refractivity contribution in [2.24, 2.45) is 0 Å². The van der Waals surface area contributed by atoms with Gasteiger partial charge in [0, 0.05) is 0 Å². The largest absolute Gasteiger partial charge is 0.103 e. The van der Waals surface area contributed by atoms with Crippen LogP contribution < -0.4 is 0 Å². The summed E-state index contributed by atoms with van der Waals surface area (Å²) in [6.45, 7) is 24.3. The molecule has 0 N–H and O–H groups in total. The molecule has 0 aliphatic carbocycles. The van der Waals surface area contributed by atoms with Gasteiger partial charge in [0.15, 0.2) is 0 Å². The van der Waals surface area contributed by atoms with E-state index in [4.69, 9.17) is 0 Å². The van der Waals surface area contributed by atoms with Crippen LogP contribution in [0.15, 0.2) is 38.0 Å². The fourth-order valence-electron chi connectivity index (χ4n) is 0. The van der Waals surface area contributed by atoms with E-state index in [1.807, 2.05) is 47.6 Å². The second-order valence-electron chi connectivity index (χ2n) is 1.17. The molecular weight excluding hydrogens is 180 g/mol. The van der Waals surface area contributed by atoms with Crippen LogP contribution >= 0.6 is 0 Å². The minimum atomic E-state index is 0. The number of hydrogen-bond donors (Lipinski definition) is 0. The van der Waals surface area contributed by atoms with Crippen molar-refractivity contribution in [2.45, 2.75) is 62.3 Å². The summed E-state index contributed by atoms with van der Waals surface area (Å²) in [6.07, 6.45) is 6.24. The van der Waals surface area contributed by atoms with Crippen LogP contribution in [0.25, 0.3) is 0 Å². The van der Waals surface area contributed by atoms with Crippen molar-refractivity contribution >= 4 is 0 Å². The molecule has 0 radical (unpaired) electrons. The van der Waals surface area contributed by atoms with Crippen molar-refractivity contribution in [3.05, 3.63) is 38.0 Å². The summed E-state index contributed by atoms with van der Waals surface area (Å²) in [4.78, 5) is 0. The highest BCUT2D eigenvalue weighted by Crippen LogP contribution is 1.66. The van der Waals surface area contributed by atoms with Crippen molar-refractivity contribution < 1.29 is 0 Å². The fraction of sp³-hybridized carbons (Fsp3) is 0.600. The van der Waals surface area contributed by atoms with E-state index in [0.29, 0.717) is 0 Å². The summed E-state index contributed by atoms with van der Waals surface area (Å²) in [5.74, 6) is 0. The quantitative estimate of drug-likeness (QED) is 0.358. The van der Waals surface area contributed by atoms with Crippen molar-refractivity contribution in [1.29, 1.82) is 0 Å². The lowest BCUT2D eigenvalue weighted by atomic mass is 10.5. The van der Waals surface area contributed by atoms with Crippen molar-refractivity contribution in [2.75, 3.05) is 0 Å². The van der Waals surface area contributed by atoms with Gasteiger partial charge < -0.3 is 0 Å². The van der Waals surface area contributed by atoms with Crippen LogP contribution in [0, 0.1) is 0 Å². The van der Waals surface area contributed by atoms with E-state index in [0.717, 1.165) is 6.42 Å². The van der Waals surface area contributed by atoms with Crippen LogP contribution in [-0.4, -0.2) is 0 Å². The summed E-state index contributed by atoms with van der Waals surface area (Å²) in [7, 11) is 0. The van der Waals surface area contributed by atoms with Gasteiger partial charge in [-0.15, -0.1) is 6.58 Å². The Kier molecular flexibility index (Phi) is 467. The Balaban J connectivity index is -0.0000000175. The van der Waals surface area contributed by atoms with E-state index >= 15 is 0 Å². The summed E-state index contributed by atoms with van der Waals surface area (Å²) in [5, 5.41) is 0. The van der Waals surface area contributed by atoms with E-state index in [9.17, 15) is 0 Å². The van der Waals surface area contributed by atoms with Crippen molar-refractivity contribution in [3.8, 4) is 0 Å². The van der Waals surface area contributed by atoms with Gasteiger partial charge in [0.1, 0.15) is 0 Å². The van der Waals surface area contributed by atoms with Crippen LogP contribution in [0.1, 0.15) is 62.3 Å². The van der Waals surface area contributed by atoms with E-state index in [1.165, 1.54) is 0 Å². The van der Waals surface area contributed by atoms with Crippen molar-refractivity contribution in [3.63, 3.8) is 0 Å². The Bertz CT molecular complexity index is 54.4. The predicted molar refractivity (Wildman–Crippen MR) is 81.7 cm³/mol. The molecule has 0 aromatic heterocycles. The lowest BCUT2D eigenvalue weighted by Crippen LogP contribution is -1.36. The lowest BCUT2D eigenvalue weighted by molar-refractivity contribution is 1.23. The number of allylic oxidation sites excluding steroid dienone is 3. The third-order valence-electron chi connectivity index (χ3n) is 0.455. The highest BCUT2D eigenvalue weighted by molar-refractivity contribution is 4.88. The second kappa shape index (κ2) is 190. The Morgan fingerprint density at radius 1 is 0.733 bits per heavy atom. The number of rotatable bonds is 2. The molecule has 0 aromatic carbocycles. The van der Waals surface area contributed by atoms with Gasteiger partial charge >= 0.3 is 0 Å². The van der Waals surface area contributed by atoms with Gasteiger partial charge in [-0.3, -0.25) is 0 Å². The first kappa shape index (κ1) is 36.8. The normalized spacial score (nSPS) is 4.20. The Morgan fingerprint density at radius 2 is 0.867 bits per heavy atom. The summed E-state index contributed by atoms with van der Waals surface area (Å²) >= 11 is 0. The van der Waals surface area contributed by atoms with E-state index in [2.05, 4.69) is 26.7 Å². The summed E-state index contributed by atoms with van der Waals surface area (Å²) in [6, 6.07) is 0. The van der Waals surface area contributed by atoms with Gasteiger partial charge in [-0.2, -0.15) is 0 Å². The van der Waals surface area contributed by atoms with Crippen LogP contribution in [0.4, 0.5) is 0 Å². The van der Waals surface area contributed by atoms with Gasteiger partial charge in [-0.05, 0) is 6.42 Å². The van der Waals surface area contributed by atoms with Crippen LogP contribution in [-0.2, 0) is 0 Å². The molecule has 0 fully saturated rings. The molecule has 0 amide bonds. The molecule has 0 saturated carbocycles. The molecule has 0 saturated heterocycles. The molecular formula is C15H36. The molecule has 0 unspecified atom stereocenters. The predicted octanol–water partition coefficient (Wildman–Crippen LogP) is 6.66. The maximum absolute atomic E-state index is 3.48. The van der Waals surface area contributed by atoms with E-state index in [-0.39, 0.29) is 7.43 Å². The van der Waals surface area contributed by atoms with Crippen LogP contribution in [0.3, 0.4) is 0 Å². The summed E-state index contributed by atoms with van der Waals surface area (Å²) < 4.78 is 0. The Hall–Kier alpha value is -0.780. The SMILES string of the molecule is C.C=CC=C.C=CCC.CC.CC.CC. The molecule has 15 heavy (non-hydrogen) atoms. The zero-order valence-electron chi connectivity index (χ0n) is 11.6. The molecule has 0 spiro atoms. The first-order valence-electron chi connectivity index (χ1n) is 5.67. The standard InChI is InChI=1S/C4H8.C4H6.3C2H6.CH4/c2*1-3-4-2;3*1-2;/h3H,1,4H2,2H3;3-4H,1-2H2;3*1-2H3;1H4. The highest BCUT2D eigenvalue weighted by Gasteiger charge is 1.45. The van der Waals surface area contributed by atoms with Crippen LogP contribution in [0.2, 0.25) is 0 Å². The molecule has 0 aliphatic rings. The molecule has 0 nitrogen and oxygen atoms in total. The second-order valence-corrected chi connectivity index (χ2v) is 1.17. The zero-order valence-corrected chi connectivity index (χ0v) is 11.6. The maximum atomic E-state index is 3.48. The topological polar surface area (TPSA) is 0 Å². The van der Waals surface area contributed by atoms with Crippen LogP contribution in [0.5, 0.6) is 0 Å². The molecule has 0 heterocycles. The van der Waals surface area contributed by atoms with Gasteiger partial charge in [0.2, 0.25) is 0 Å². The molecule has 0 aliphatic heterocycles. The monoisotopic (exact) mass is 216 g/mol. The van der Waals surface area contributed by atoms with Gasteiger partial charge in [-0.25, -0.2) is 0 Å². The van der Waals surface area contributed by atoms with Gasteiger partial charge in [0.05, 0.1) is 0 Å². The number of hydrogen-bond acceptors (Lipinski definition) is 0. The third kappa shape index (κ3) is 1120. The zero-order chi connectivity index (χ0) is 12.8. The average Bonchev–Trinajstić information content (AvgIpc) is 2.36. The average molecular weight is 216 g/mol. The minimum absolute atomic E-state index is 0. The van der Waals surface area contributed by atoms with E-state index in [1.54, 1.807) is 12.2 Å².